The van der Waals surface area contributed by atoms with Gasteiger partial charge in [-0.15, -0.1) is 0 Å². The molecule has 2 N–H and O–H groups in total. The van der Waals surface area contributed by atoms with E-state index >= 15 is 0 Å². The van der Waals surface area contributed by atoms with Crippen molar-refractivity contribution in [1.82, 2.24) is 9.79 Å². The van der Waals surface area contributed by atoms with E-state index in [2.05, 4.69) is 15.9 Å². The van der Waals surface area contributed by atoms with Crippen LogP contribution in [0.3, 0.4) is 0 Å². The van der Waals surface area contributed by atoms with Gasteiger partial charge in [-0.3, -0.25) is 10.0 Å². The van der Waals surface area contributed by atoms with Crippen molar-refractivity contribution in [3.63, 3.8) is 0 Å². The third kappa shape index (κ3) is 6.02. The predicted octanol–water partition coefficient (Wildman–Crippen LogP) is 3.18. The molecule has 0 unspecified atom stereocenters. The molecule has 0 heterocycles. The Labute approximate surface area is 179 Å². The summed E-state index contributed by atoms with van der Waals surface area (Å²) in [5, 5.41) is 9.84. The van der Waals surface area contributed by atoms with Gasteiger partial charge in [0, 0.05) is 11.9 Å². The molecule has 0 saturated heterocycles. The van der Waals surface area contributed by atoms with Crippen LogP contribution >= 0.6 is 15.9 Å². The third-order valence-electron chi connectivity index (χ3n) is 4.28. The molecule has 0 bridgehead atoms. The van der Waals surface area contributed by atoms with Crippen molar-refractivity contribution in [3.05, 3.63) is 60.2 Å². The van der Waals surface area contributed by atoms with Gasteiger partial charge in [0.25, 0.3) is 5.91 Å². The van der Waals surface area contributed by atoms with Gasteiger partial charge in [-0.05, 0) is 35.7 Å². The van der Waals surface area contributed by atoms with Crippen molar-refractivity contribution >= 4 is 31.9 Å². The van der Waals surface area contributed by atoms with Crippen LogP contribution in [-0.4, -0.2) is 41.8 Å². The summed E-state index contributed by atoms with van der Waals surface area (Å²) in [4.78, 5) is 12.4. The molecule has 9 heteroatoms. The van der Waals surface area contributed by atoms with E-state index in [0.717, 1.165) is 9.87 Å². The van der Waals surface area contributed by atoms with E-state index in [4.69, 9.17) is 4.74 Å². The number of hydroxylamine groups is 1. The molecule has 2 aromatic carbocycles. The molecule has 0 aliphatic rings. The molecule has 29 heavy (non-hydrogen) atoms. The lowest BCUT2D eigenvalue weighted by molar-refractivity contribution is -0.134. The molecule has 0 aliphatic carbocycles. The van der Waals surface area contributed by atoms with Gasteiger partial charge in [-0.1, -0.05) is 60.1 Å². The molecule has 0 aliphatic heterocycles. The number of hydrogen-bond donors (Lipinski definition) is 2. The standard InChI is InChI=1S/C20H25BrN2O5S/c1-15(2)19(20(24)22-25)23(14-16-6-4-3-5-7-16)29(26,27)18-10-8-17(9-11-18)28-13-12-21/h3-11,15,19,25H,12-14H2,1-2H3,(H,22,24)/t19-/m1/s1. The largest absolute Gasteiger partial charge is 0.493 e. The van der Waals surface area contributed by atoms with Gasteiger partial charge in [-0.2, -0.15) is 4.31 Å². The highest BCUT2D eigenvalue weighted by atomic mass is 79.9. The summed E-state index contributed by atoms with van der Waals surface area (Å²) in [6, 6.07) is 14.0. The number of sulfonamides is 1. The van der Waals surface area contributed by atoms with Crippen LogP contribution in [0, 0.1) is 5.92 Å². The maximum atomic E-state index is 13.4. The zero-order chi connectivity index (χ0) is 21.4. The normalized spacial score (nSPS) is 12.8. The van der Waals surface area contributed by atoms with Gasteiger partial charge in [0.05, 0.1) is 11.5 Å². The zero-order valence-corrected chi connectivity index (χ0v) is 18.7. The summed E-state index contributed by atoms with van der Waals surface area (Å²) >= 11 is 3.27. The van der Waals surface area contributed by atoms with E-state index < -0.39 is 22.0 Å². The number of benzene rings is 2. The van der Waals surface area contributed by atoms with Gasteiger partial charge < -0.3 is 4.74 Å². The van der Waals surface area contributed by atoms with Crippen molar-refractivity contribution < 1.29 is 23.2 Å². The molecule has 1 atom stereocenters. The molecule has 0 aromatic heterocycles. The first-order valence-corrected chi connectivity index (χ1v) is 11.7. The molecular weight excluding hydrogens is 460 g/mol. The Hall–Kier alpha value is -1.94. The van der Waals surface area contributed by atoms with Crippen LogP contribution in [0.2, 0.25) is 0 Å². The minimum atomic E-state index is -4.04. The summed E-state index contributed by atoms with van der Waals surface area (Å²) in [7, 11) is -4.04. The highest BCUT2D eigenvalue weighted by Gasteiger charge is 2.38. The van der Waals surface area contributed by atoms with Crippen molar-refractivity contribution in [1.29, 1.82) is 0 Å². The maximum absolute atomic E-state index is 13.4. The minimum absolute atomic E-state index is 0.0126. The van der Waals surface area contributed by atoms with E-state index in [1.54, 1.807) is 55.7 Å². The van der Waals surface area contributed by atoms with Gasteiger partial charge in [0.1, 0.15) is 11.8 Å². The zero-order valence-electron chi connectivity index (χ0n) is 16.3. The topological polar surface area (TPSA) is 95.9 Å². The summed E-state index contributed by atoms with van der Waals surface area (Å²) in [5.74, 6) is -0.606. The number of nitrogens with zero attached hydrogens (tertiary/aromatic N) is 1. The Morgan fingerprint density at radius 2 is 1.76 bits per heavy atom. The van der Waals surface area contributed by atoms with E-state index in [1.165, 1.54) is 12.1 Å². The highest BCUT2D eigenvalue weighted by Crippen LogP contribution is 2.26. The van der Waals surface area contributed by atoms with Crippen LogP contribution in [0.4, 0.5) is 0 Å². The van der Waals surface area contributed by atoms with Crippen LogP contribution in [0.1, 0.15) is 19.4 Å². The van der Waals surface area contributed by atoms with Gasteiger partial charge in [0.2, 0.25) is 10.0 Å². The first kappa shape index (κ1) is 23.3. The minimum Gasteiger partial charge on any atom is -0.493 e. The number of carbonyl (C=O) groups excluding carboxylic acids is 1. The number of alkyl halides is 1. The molecule has 7 nitrogen and oxygen atoms in total. The summed E-state index contributed by atoms with van der Waals surface area (Å²) < 4.78 is 33.5. The SMILES string of the molecule is CC(C)[C@H](C(=O)NO)N(Cc1ccccc1)S(=O)(=O)c1ccc(OCCBr)cc1. The van der Waals surface area contributed by atoms with Crippen molar-refractivity contribution in [2.45, 2.75) is 31.3 Å². The molecule has 2 aromatic rings. The second-order valence-electron chi connectivity index (χ2n) is 6.71. The van der Waals surface area contributed by atoms with E-state index in [9.17, 15) is 18.4 Å². The fraction of sp³-hybridized carbons (Fsp3) is 0.350. The van der Waals surface area contributed by atoms with Gasteiger partial charge in [-0.25, -0.2) is 13.9 Å². The first-order chi connectivity index (χ1) is 13.8. The smallest absolute Gasteiger partial charge is 0.262 e. The third-order valence-corrected chi connectivity index (χ3v) is 6.44. The van der Waals surface area contributed by atoms with Crippen LogP contribution in [0.5, 0.6) is 5.75 Å². The highest BCUT2D eigenvalue weighted by molar-refractivity contribution is 9.09. The van der Waals surface area contributed by atoms with E-state index in [-0.39, 0.29) is 17.4 Å². The number of hydrogen-bond acceptors (Lipinski definition) is 5. The van der Waals surface area contributed by atoms with Crippen LogP contribution in [-0.2, 0) is 21.4 Å². The van der Waals surface area contributed by atoms with E-state index in [0.29, 0.717) is 17.7 Å². The quantitative estimate of drug-likeness (QED) is 0.306. The van der Waals surface area contributed by atoms with Crippen LogP contribution in [0.15, 0.2) is 59.5 Å². The number of amides is 1. The first-order valence-electron chi connectivity index (χ1n) is 9.09. The number of halogens is 1. The van der Waals surface area contributed by atoms with Gasteiger partial charge in [0.15, 0.2) is 0 Å². The van der Waals surface area contributed by atoms with Gasteiger partial charge >= 0.3 is 0 Å². The number of ether oxygens (including phenoxy) is 1. The average molecular weight is 485 g/mol. The van der Waals surface area contributed by atoms with Crippen molar-refractivity contribution in [2.24, 2.45) is 5.92 Å². The molecule has 2 rings (SSSR count). The molecule has 1 amide bonds. The fourth-order valence-corrected chi connectivity index (χ4v) is 4.80. The Morgan fingerprint density at radius 1 is 1.14 bits per heavy atom. The number of carbonyl (C=O) groups is 1. The molecule has 0 fully saturated rings. The molecular formula is C20H25BrN2O5S. The number of nitrogens with one attached hydrogen (secondary N) is 1. The summed E-state index contributed by atoms with van der Waals surface area (Å²) in [6.07, 6.45) is 0. The second-order valence-corrected chi connectivity index (χ2v) is 9.39. The lowest BCUT2D eigenvalue weighted by Gasteiger charge is -2.32. The Bertz CT molecular complexity index is 889. The van der Waals surface area contributed by atoms with Crippen LogP contribution in [0.25, 0.3) is 0 Å². The molecule has 158 valence electrons. The van der Waals surface area contributed by atoms with Crippen molar-refractivity contribution in [3.8, 4) is 5.75 Å². The van der Waals surface area contributed by atoms with Crippen molar-refractivity contribution in [2.75, 3.05) is 11.9 Å². The molecule has 0 saturated carbocycles. The maximum Gasteiger partial charge on any atom is 0.262 e. The molecule has 0 spiro atoms. The molecule has 0 radical (unpaired) electrons. The lowest BCUT2D eigenvalue weighted by Crippen LogP contribution is -2.51. The average Bonchev–Trinajstić information content (AvgIpc) is 2.72. The number of rotatable bonds is 10. The Kier molecular flexibility index (Phi) is 8.63. The van der Waals surface area contributed by atoms with E-state index in [1.807, 2.05) is 6.07 Å². The fourth-order valence-electron chi connectivity index (χ4n) is 2.93. The predicted molar refractivity (Wildman–Crippen MR) is 113 cm³/mol. The lowest BCUT2D eigenvalue weighted by atomic mass is 10.0. The summed E-state index contributed by atoms with van der Waals surface area (Å²) in [5.41, 5.74) is 2.33. The second kappa shape index (κ2) is 10.7. The Morgan fingerprint density at radius 3 is 2.28 bits per heavy atom. The monoisotopic (exact) mass is 484 g/mol. The van der Waals surface area contributed by atoms with Crippen LogP contribution < -0.4 is 10.2 Å². The summed E-state index contributed by atoms with van der Waals surface area (Å²) in [6.45, 7) is 3.90. The Balaban J connectivity index is 2.46.